The molecule has 0 bridgehead atoms. The Kier molecular flexibility index (Phi) is 5.83. The van der Waals surface area contributed by atoms with E-state index in [1.54, 1.807) is 43.3 Å². The minimum atomic E-state index is -0.0772. The van der Waals surface area contributed by atoms with Gasteiger partial charge in [0.1, 0.15) is 11.5 Å². The first-order chi connectivity index (χ1) is 10.6. The summed E-state index contributed by atoms with van der Waals surface area (Å²) in [5, 5.41) is 0. The van der Waals surface area contributed by atoms with E-state index in [-0.39, 0.29) is 12.5 Å². The van der Waals surface area contributed by atoms with Gasteiger partial charge in [0.15, 0.2) is 6.61 Å². The first-order valence-corrected chi connectivity index (χ1v) is 7.63. The number of rotatable bonds is 6. The molecule has 0 N–H and O–H groups in total. The third kappa shape index (κ3) is 4.49. The van der Waals surface area contributed by atoms with Crippen molar-refractivity contribution < 1.29 is 14.3 Å². The highest BCUT2D eigenvalue weighted by atomic mass is 79.9. The van der Waals surface area contributed by atoms with E-state index in [0.717, 1.165) is 15.8 Å². The number of hydrogen-bond acceptors (Lipinski definition) is 3. The number of carbonyl (C=O) groups is 1. The van der Waals surface area contributed by atoms with Crippen LogP contribution in [0.4, 0.5) is 0 Å². The molecule has 0 saturated heterocycles. The topological polar surface area (TPSA) is 38.8 Å². The maximum Gasteiger partial charge on any atom is 0.260 e. The molecule has 0 aliphatic heterocycles. The molecule has 2 aromatic carbocycles. The fraction of sp³-hybridized carbons (Fsp3) is 0.235. The van der Waals surface area contributed by atoms with Crippen LogP contribution in [0.2, 0.25) is 0 Å². The minimum Gasteiger partial charge on any atom is -0.497 e. The van der Waals surface area contributed by atoms with Crippen LogP contribution in [0.1, 0.15) is 5.56 Å². The van der Waals surface area contributed by atoms with Gasteiger partial charge in [-0.3, -0.25) is 4.79 Å². The minimum absolute atomic E-state index is 0.00722. The molecule has 0 saturated carbocycles. The molecule has 116 valence electrons. The summed E-state index contributed by atoms with van der Waals surface area (Å²) in [4.78, 5) is 13.8. The van der Waals surface area contributed by atoms with Crippen LogP contribution in [0.25, 0.3) is 0 Å². The van der Waals surface area contributed by atoms with Crippen LogP contribution in [-0.2, 0) is 11.3 Å². The zero-order chi connectivity index (χ0) is 15.9. The molecule has 0 atom stereocenters. The van der Waals surface area contributed by atoms with E-state index in [1.807, 2.05) is 24.3 Å². The molecule has 0 aromatic heterocycles. The van der Waals surface area contributed by atoms with Gasteiger partial charge in [0.2, 0.25) is 0 Å². The molecule has 5 heteroatoms. The van der Waals surface area contributed by atoms with Gasteiger partial charge in [0, 0.05) is 18.1 Å². The van der Waals surface area contributed by atoms with Gasteiger partial charge >= 0.3 is 0 Å². The summed E-state index contributed by atoms with van der Waals surface area (Å²) in [6.45, 7) is 0.541. The van der Waals surface area contributed by atoms with Crippen molar-refractivity contribution in [1.82, 2.24) is 4.90 Å². The van der Waals surface area contributed by atoms with E-state index in [0.29, 0.717) is 12.3 Å². The number of amides is 1. The highest BCUT2D eigenvalue weighted by molar-refractivity contribution is 9.10. The summed E-state index contributed by atoms with van der Waals surface area (Å²) in [7, 11) is 3.37. The maximum absolute atomic E-state index is 12.1. The lowest BCUT2D eigenvalue weighted by Crippen LogP contribution is -2.31. The maximum atomic E-state index is 12.1. The van der Waals surface area contributed by atoms with Crippen molar-refractivity contribution in [2.24, 2.45) is 0 Å². The highest BCUT2D eigenvalue weighted by Gasteiger charge is 2.11. The summed E-state index contributed by atoms with van der Waals surface area (Å²) >= 11 is 3.48. The molecular weight excluding hydrogens is 346 g/mol. The lowest BCUT2D eigenvalue weighted by molar-refractivity contribution is -0.132. The number of ether oxygens (including phenoxy) is 2. The monoisotopic (exact) mass is 363 g/mol. The van der Waals surface area contributed by atoms with Crippen LogP contribution in [0.5, 0.6) is 11.5 Å². The zero-order valence-electron chi connectivity index (χ0n) is 12.6. The number of hydrogen-bond donors (Lipinski definition) is 0. The van der Waals surface area contributed by atoms with Crippen LogP contribution in [-0.4, -0.2) is 31.6 Å². The second kappa shape index (κ2) is 7.84. The van der Waals surface area contributed by atoms with Gasteiger partial charge in [-0.05, 0) is 35.9 Å². The molecule has 1 amide bonds. The summed E-state index contributed by atoms with van der Waals surface area (Å²) in [6.07, 6.45) is 0. The van der Waals surface area contributed by atoms with E-state index in [1.165, 1.54) is 0 Å². The Bertz CT molecular complexity index is 628. The van der Waals surface area contributed by atoms with E-state index in [2.05, 4.69) is 15.9 Å². The van der Waals surface area contributed by atoms with Gasteiger partial charge in [-0.25, -0.2) is 0 Å². The van der Waals surface area contributed by atoms with Gasteiger partial charge in [-0.1, -0.05) is 34.1 Å². The van der Waals surface area contributed by atoms with Crippen molar-refractivity contribution >= 4 is 21.8 Å². The molecule has 4 nitrogen and oxygen atoms in total. The van der Waals surface area contributed by atoms with Crippen LogP contribution in [0, 0.1) is 0 Å². The molecular formula is C17H18BrNO3. The normalized spacial score (nSPS) is 10.1. The Morgan fingerprint density at radius 3 is 2.36 bits per heavy atom. The molecule has 2 aromatic rings. The number of halogens is 1. The van der Waals surface area contributed by atoms with Crippen LogP contribution in [0.15, 0.2) is 53.0 Å². The van der Waals surface area contributed by atoms with Gasteiger partial charge in [-0.2, -0.15) is 0 Å². The summed E-state index contributed by atoms with van der Waals surface area (Å²) in [5.41, 5.74) is 1.06. The zero-order valence-corrected chi connectivity index (χ0v) is 14.2. The van der Waals surface area contributed by atoms with Crippen LogP contribution in [0.3, 0.4) is 0 Å². The smallest absolute Gasteiger partial charge is 0.260 e. The average Bonchev–Trinajstić information content (AvgIpc) is 2.55. The van der Waals surface area contributed by atoms with E-state index in [4.69, 9.17) is 9.47 Å². The first kappa shape index (κ1) is 16.4. The Labute approximate surface area is 138 Å². The molecule has 0 unspecified atom stereocenters. The van der Waals surface area contributed by atoms with Gasteiger partial charge < -0.3 is 14.4 Å². The molecule has 0 aliphatic rings. The fourth-order valence-corrected chi connectivity index (χ4v) is 2.31. The van der Waals surface area contributed by atoms with Crippen LogP contribution < -0.4 is 9.47 Å². The Hall–Kier alpha value is -2.01. The summed E-state index contributed by atoms with van der Waals surface area (Å²) < 4.78 is 11.6. The molecule has 2 rings (SSSR count). The predicted octanol–water partition coefficient (Wildman–Crippen LogP) is 3.50. The van der Waals surface area contributed by atoms with Gasteiger partial charge in [0.05, 0.1) is 7.11 Å². The number of nitrogens with zero attached hydrogens (tertiary/aromatic N) is 1. The fourth-order valence-electron chi connectivity index (χ4n) is 1.90. The average molecular weight is 364 g/mol. The number of likely N-dealkylation sites (N-methyl/N-ethyl adjacent to an activating group) is 1. The van der Waals surface area contributed by atoms with Crippen molar-refractivity contribution in [2.75, 3.05) is 20.8 Å². The lowest BCUT2D eigenvalue weighted by Gasteiger charge is -2.18. The Morgan fingerprint density at radius 2 is 1.73 bits per heavy atom. The second-order valence-corrected chi connectivity index (χ2v) is 5.66. The molecule has 22 heavy (non-hydrogen) atoms. The third-order valence-corrected chi connectivity index (χ3v) is 3.99. The summed E-state index contributed by atoms with van der Waals surface area (Å²) in [5.74, 6) is 1.32. The van der Waals surface area contributed by atoms with E-state index < -0.39 is 0 Å². The van der Waals surface area contributed by atoms with Gasteiger partial charge in [0.25, 0.3) is 5.91 Å². The van der Waals surface area contributed by atoms with Crippen molar-refractivity contribution in [2.45, 2.75) is 6.54 Å². The van der Waals surface area contributed by atoms with Crippen molar-refractivity contribution in [3.05, 3.63) is 58.6 Å². The van der Waals surface area contributed by atoms with E-state index in [9.17, 15) is 4.79 Å². The number of benzene rings is 2. The predicted molar refractivity (Wildman–Crippen MR) is 89.1 cm³/mol. The molecule has 0 fully saturated rings. The first-order valence-electron chi connectivity index (χ1n) is 6.84. The third-order valence-electron chi connectivity index (χ3n) is 3.21. The largest absolute Gasteiger partial charge is 0.497 e. The standard InChI is InChI=1S/C17H18BrNO3/c1-19(11-13-5-3-4-6-16(13)18)17(20)12-22-15-9-7-14(21-2)8-10-15/h3-10H,11-12H2,1-2H3. The van der Waals surface area contributed by atoms with Crippen molar-refractivity contribution in [1.29, 1.82) is 0 Å². The lowest BCUT2D eigenvalue weighted by atomic mass is 10.2. The molecule has 0 spiro atoms. The Morgan fingerprint density at radius 1 is 1.09 bits per heavy atom. The number of carbonyl (C=O) groups excluding carboxylic acids is 1. The highest BCUT2D eigenvalue weighted by Crippen LogP contribution is 2.18. The SMILES string of the molecule is COc1ccc(OCC(=O)N(C)Cc2ccccc2Br)cc1. The summed E-state index contributed by atoms with van der Waals surface area (Å²) in [6, 6.07) is 15.0. The Balaban J connectivity index is 1.87. The molecule has 0 aliphatic carbocycles. The number of methoxy groups -OCH3 is 1. The van der Waals surface area contributed by atoms with E-state index >= 15 is 0 Å². The van der Waals surface area contributed by atoms with Gasteiger partial charge in [-0.15, -0.1) is 0 Å². The van der Waals surface area contributed by atoms with Crippen molar-refractivity contribution in [3.8, 4) is 11.5 Å². The quantitative estimate of drug-likeness (QED) is 0.788. The van der Waals surface area contributed by atoms with Crippen molar-refractivity contribution in [3.63, 3.8) is 0 Å². The molecule has 0 heterocycles. The molecule has 0 radical (unpaired) electrons. The second-order valence-electron chi connectivity index (χ2n) is 4.81. The van der Waals surface area contributed by atoms with Crippen LogP contribution >= 0.6 is 15.9 Å².